The Balaban J connectivity index is 2.27. The average Bonchev–Trinajstić information content (AvgIpc) is 2.36. The van der Waals surface area contributed by atoms with Crippen molar-refractivity contribution in [3.8, 4) is 0 Å². The SMILES string of the molecule is CC1CC(C)CC(C(=O)c2ccc(Br)c(C(F)(F)F)c2)C1. The molecular formula is C16H18BrF3O. The predicted octanol–water partition coefficient (Wildman–Crippen LogP) is 5.72. The molecule has 1 aliphatic rings. The van der Waals surface area contributed by atoms with Gasteiger partial charge in [-0.15, -0.1) is 0 Å². The molecule has 0 amide bonds. The fourth-order valence-electron chi connectivity index (χ4n) is 3.29. The van der Waals surface area contributed by atoms with E-state index in [-0.39, 0.29) is 21.7 Å². The van der Waals surface area contributed by atoms with Gasteiger partial charge in [0.1, 0.15) is 0 Å². The van der Waals surface area contributed by atoms with E-state index in [4.69, 9.17) is 0 Å². The van der Waals surface area contributed by atoms with Gasteiger partial charge in [-0.1, -0.05) is 35.8 Å². The van der Waals surface area contributed by atoms with Crippen LogP contribution in [-0.2, 0) is 6.18 Å². The smallest absolute Gasteiger partial charge is 0.294 e. The maximum absolute atomic E-state index is 12.9. The van der Waals surface area contributed by atoms with Gasteiger partial charge in [-0.2, -0.15) is 13.2 Å². The number of carbonyl (C=O) groups excluding carboxylic acids is 1. The molecule has 1 fully saturated rings. The molecule has 0 heterocycles. The van der Waals surface area contributed by atoms with Gasteiger partial charge in [0.2, 0.25) is 0 Å². The van der Waals surface area contributed by atoms with Gasteiger partial charge < -0.3 is 0 Å². The Kier molecular flexibility index (Phi) is 4.81. The van der Waals surface area contributed by atoms with E-state index in [2.05, 4.69) is 29.8 Å². The van der Waals surface area contributed by atoms with E-state index < -0.39 is 11.7 Å². The third kappa shape index (κ3) is 3.87. The third-order valence-corrected chi connectivity index (χ3v) is 4.80. The van der Waals surface area contributed by atoms with Crippen LogP contribution in [0.3, 0.4) is 0 Å². The second kappa shape index (κ2) is 6.11. The molecule has 116 valence electrons. The topological polar surface area (TPSA) is 17.1 Å². The first kappa shape index (κ1) is 16.5. The van der Waals surface area contributed by atoms with Crippen molar-refractivity contribution in [1.82, 2.24) is 0 Å². The van der Waals surface area contributed by atoms with Gasteiger partial charge >= 0.3 is 6.18 Å². The van der Waals surface area contributed by atoms with Crippen LogP contribution in [0, 0.1) is 17.8 Å². The molecule has 0 aromatic heterocycles. The van der Waals surface area contributed by atoms with Crippen LogP contribution in [-0.4, -0.2) is 5.78 Å². The highest BCUT2D eigenvalue weighted by Crippen LogP contribution is 2.38. The predicted molar refractivity (Wildman–Crippen MR) is 79.1 cm³/mol. The number of hydrogen-bond donors (Lipinski definition) is 0. The van der Waals surface area contributed by atoms with Gasteiger partial charge in [0.05, 0.1) is 5.56 Å². The van der Waals surface area contributed by atoms with Gasteiger partial charge in [-0.05, 0) is 43.2 Å². The maximum atomic E-state index is 12.9. The van der Waals surface area contributed by atoms with Crippen LogP contribution in [0.25, 0.3) is 0 Å². The van der Waals surface area contributed by atoms with Gasteiger partial charge in [0.15, 0.2) is 5.78 Å². The van der Waals surface area contributed by atoms with Gasteiger partial charge in [-0.3, -0.25) is 4.79 Å². The summed E-state index contributed by atoms with van der Waals surface area (Å²) in [7, 11) is 0. The number of Topliss-reactive ketones (excluding diaryl/α,β-unsaturated/α-hetero) is 1. The molecule has 1 nitrogen and oxygen atoms in total. The van der Waals surface area contributed by atoms with Gasteiger partial charge in [-0.25, -0.2) is 0 Å². The first-order valence-corrected chi connectivity index (χ1v) is 7.88. The highest BCUT2D eigenvalue weighted by atomic mass is 79.9. The summed E-state index contributed by atoms with van der Waals surface area (Å²) in [4.78, 5) is 12.5. The van der Waals surface area contributed by atoms with E-state index in [0.29, 0.717) is 11.8 Å². The minimum atomic E-state index is -4.46. The molecule has 0 bridgehead atoms. The van der Waals surface area contributed by atoms with E-state index in [1.807, 2.05) is 0 Å². The first-order chi connectivity index (χ1) is 9.68. The maximum Gasteiger partial charge on any atom is 0.417 e. The summed E-state index contributed by atoms with van der Waals surface area (Å²) in [5.41, 5.74) is -0.623. The number of benzene rings is 1. The van der Waals surface area contributed by atoms with Gasteiger partial charge in [0, 0.05) is 16.0 Å². The third-order valence-electron chi connectivity index (χ3n) is 4.11. The Morgan fingerprint density at radius 1 is 1.14 bits per heavy atom. The quantitative estimate of drug-likeness (QED) is 0.614. The van der Waals surface area contributed by atoms with Crippen molar-refractivity contribution in [1.29, 1.82) is 0 Å². The van der Waals surface area contributed by atoms with Crippen LogP contribution in [0.15, 0.2) is 22.7 Å². The minimum Gasteiger partial charge on any atom is -0.294 e. The van der Waals surface area contributed by atoms with Crippen LogP contribution < -0.4 is 0 Å². The van der Waals surface area contributed by atoms with Crippen molar-refractivity contribution in [3.05, 3.63) is 33.8 Å². The Hall–Kier alpha value is -0.840. The molecule has 5 heteroatoms. The fourth-order valence-corrected chi connectivity index (χ4v) is 3.76. The first-order valence-electron chi connectivity index (χ1n) is 7.09. The van der Waals surface area contributed by atoms with Crippen LogP contribution in [0.1, 0.15) is 49.0 Å². The molecule has 0 spiro atoms. The van der Waals surface area contributed by atoms with Crippen molar-refractivity contribution in [2.45, 2.75) is 39.3 Å². The fraction of sp³-hybridized carbons (Fsp3) is 0.562. The lowest BCUT2D eigenvalue weighted by atomic mass is 9.74. The zero-order valence-electron chi connectivity index (χ0n) is 12.0. The number of halogens is 4. The van der Waals surface area contributed by atoms with E-state index in [1.54, 1.807) is 0 Å². The normalized spacial score (nSPS) is 26.7. The molecule has 2 atom stereocenters. The van der Waals surface area contributed by atoms with Crippen LogP contribution in [0.5, 0.6) is 0 Å². The molecule has 0 saturated heterocycles. The van der Waals surface area contributed by atoms with E-state index in [1.165, 1.54) is 12.1 Å². The highest BCUT2D eigenvalue weighted by molar-refractivity contribution is 9.10. The van der Waals surface area contributed by atoms with Crippen molar-refractivity contribution in [2.24, 2.45) is 17.8 Å². The molecule has 1 aromatic carbocycles. The second-order valence-corrected chi connectivity index (χ2v) is 7.03. The molecule has 1 saturated carbocycles. The van der Waals surface area contributed by atoms with Crippen molar-refractivity contribution >= 4 is 21.7 Å². The summed E-state index contributed by atoms with van der Waals surface area (Å²) in [5, 5.41) is 0. The minimum absolute atomic E-state index is 0.0306. The Morgan fingerprint density at radius 3 is 2.24 bits per heavy atom. The van der Waals surface area contributed by atoms with Crippen molar-refractivity contribution in [3.63, 3.8) is 0 Å². The molecule has 0 aliphatic heterocycles. The van der Waals surface area contributed by atoms with Crippen molar-refractivity contribution < 1.29 is 18.0 Å². The Labute approximate surface area is 131 Å². The Morgan fingerprint density at radius 2 is 1.71 bits per heavy atom. The van der Waals surface area contributed by atoms with Gasteiger partial charge in [0.25, 0.3) is 0 Å². The molecular weight excluding hydrogens is 345 g/mol. The number of rotatable bonds is 2. The lowest BCUT2D eigenvalue weighted by molar-refractivity contribution is -0.138. The molecule has 2 rings (SSSR count). The average molecular weight is 363 g/mol. The zero-order valence-corrected chi connectivity index (χ0v) is 13.6. The number of carbonyl (C=O) groups is 1. The number of alkyl halides is 3. The molecule has 1 aliphatic carbocycles. The lowest BCUT2D eigenvalue weighted by Gasteiger charge is -2.30. The zero-order chi connectivity index (χ0) is 15.8. The van der Waals surface area contributed by atoms with E-state index >= 15 is 0 Å². The van der Waals surface area contributed by atoms with E-state index in [0.717, 1.165) is 25.3 Å². The summed E-state index contributed by atoms with van der Waals surface area (Å²) >= 11 is 2.90. The summed E-state index contributed by atoms with van der Waals surface area (Å²) in [6.45, 7) is 4.19. The van der Waals surface area contributed by atoms with Crippen LogP contribution in [0.4, 0.5) is 13.2 Å². The molecule has 0 N–H and O–H groups in total. The second-order valence-electron chi connectivity index (χ2n) is 6.17. The molecule has 0 radical (unpaired) electrons. The van der Waals surface area contributed by atoms with Crippen molar-refractivity contribution in [2.75, 3.05) is 0 Å². The van der Waals surface area contributed by atoms with E-state index in [9.17, 15) is 18.0 Å². The highest BCUT2D eigenvalue weighted by Gasteiger charge is 2.35. The molecule has 21 heavy (non-hydrogen) atoms. The number of ketones is 1. The molecule has 2 unspecified atom stereocenters. The summed E-state index contributed by atoms with van der Waals surface area (Å²) < 4.78 is 38.7. The summed E-state index contributed by atoms with van der Waals surface area (Å²) in [5.74, 6) is 0.567. The summed E-state index contributed by atoms with van der Waals surface area (Å²) in [6.07, 6.45) is -1.85. The molecule has 1 aromatic rings. The Bertz CT molecular complexity index is 529. The van der Waals surface area contributed by atoms with Crippen LogP contribution in [0.2, 0.25) is 0 Å². The van der Waals surface area contributed by atoms with Crippen LogP contribution >= 0.6 is 15.9 Å². The largest absolute Gasteiger partial charge is 0.417 e. The summed E-state index contributed by atoms with van der Waals surface area (Å²) in [6, 6.07) is 3.76. The monoisotopic (exact) mass is 362 g/mol. The lowest BCUT2D eigenvalue weighted by Crippen LogP contribution is -2.26. The number of hydrogen-bond acceptors (Lipinski definition) is 1. The standard InChI is InChI=1S/C16H18BrF3O/c1-9-5-10(2)7-12(6-9)15(21)11-3-4-14(17)13(8-11)16(18,19)20/h3-4,8-10,12H,5-7H2,1-2H3.